The average molecular weight is 329 g/mol. The zero-order chi connectivity index (χ0) is 17.5. The van der Waals surface area contributed by atoms with E-state index in [9.17, 15) is 9.18 Å². The van der Waals surface area contributed by atoms with Crippen LogP contribution in [-0.4, -0.2) is 32.1 Å². The maximum atomic E-state index is 12.9. The van der Waals surface area contributed by atoms with Gasteiger partial charge in [-0.3, -0.25) is 4.79 Å². The van der Waals surface area contributed by atoms with E-state index in [0.29, 0.717) is 18.0 Å². The fourth-order valence-corrected chi connectivity index (χ4v) is 2.16. The summed E-state index contributed by atoms with van der Waals surface area (Å²) in [6.07, 6.45) is 3.19. The van der Waals surface area contributed by atoms with Crippen molar-refractivity contribution in [1.82, 2.24) is 4.90 Å². The highest BCUT2D eigenvalue weighted by molar-refractivity contribution is 5.91. The van der Waals surface area contributed by atoms with Crippen LogP contribution in [0.2, 0.25) is 0 Å². The number of amides is 1. The van der Waals surface area contributed by atoms with Crippen molar-refractivity contribution in [1.29, 1.82) is 0 Å². The Hall–Kier alpha value is -2.82. The lowest BCUT2D eigenvalue weighted by Gasteiger charge is -2.15. The van der Waals surface area contributed by atoms with Gasteiger partial charge in [0.15, 0.2) is 0 Å². The lowest BCUT2D eigenvalue weighted by atomic mass is 10.1. The molecule has 4 nitrogen and oxygen atoms in total. The molecular weight excluding hydrogens is 309 g/mol. The molecule has 0 bridgehead atoms. The van der Waals surface area contributed by atoms with E-state index in [1.807, 2.05) is 12.1 Å². The fraction of sp³-hybridized carbons (Fsp3) is 0.211. The van der Waals surface area contributed by atoms with Crippen LogP contribution in [0.1, 0.15) is 11.1 Å². The Labute approximate surface area is 141 Å². The summed E-state index contributed by atoms with van der Waals surface area (Å²) < 4.78 is 23.3. The van der Waals surface area contributed by atoms with Gasteiger partial charge in [-0.15, -0.1) is 0 Å². The van der Waals surface area contributed by atoms with Gasteiger partial charge >= 0.3 is 0 Å². The molecule has 2 rings (SSSR count). The molecule has 0 heterocycles. The number of methoxy groups -OCH3 is 2. The Bertz CT molecular complexity index is 704. The largest absolute Gasteiger partial charge is 0.497 e. The lowest BCUT2D eigenvalue weighted by molar-refractivity contribution is -0.125. The summed E-state index contributed by atoms with van der Waals surface area (Å²) in [5.41, 5.74) is 1.67. The van der Waals surface area contributed by atoms with Crippen molar-refractivity contribution in [2.24, 2.45) is 0 Å². The topological polar surface area (TPSA) is 38.8 Å². The molecule has 0 fully saturated rings. The average Bonchev–Trinajstić information content (AvgIpc) is 2.61. The van der Waals surface area contributed by atoms with Crippen molar-refractivity contribution in [2.75, 3.05) is 21.3 Å². The molecule has 2 aromatic rings. The van der Waals surface area contributed by atoms with Crippen LogP contribution in [0.3, 0.4) is 0 Å². The smallest absolute Gasteiger partial charge is 0.246 e. The second-order valence-corrected chi connectivity index (χ2v) is 5.30. The summed E-state index contributed by atoms with van der Waals surface area (Å²) in [5.74, 6) is 0.864. The predicted octanol–water partition coefficient (Wildman–Crippen LogP) is 3.51. The molecule has 0 atom stereocenters. The third kappa shape index (κ3) is 4.84. The minimum absolute atomic E-state index is 0.152. The monoisotopic (exact) mass is 329 g/mol. The summed E-state index contributed by atoms with van der Waals surface area (Å²) in [6, 6.07) is 11.5. The third-order valence-corrected chi connectivity index (χ3v) is 3.50. The van der Waals surface area contributed by atoms with E-state index in [-0.39, 0.29) is 11.7 Å². The maximum Gasteiger partial charge on any atom is 0.246 e. The Morgan fingerprint density at radius 3 is 2.21 bits per heavy atom. The first-order chi connectivity index (χ1) is 11.5. The maximum absolute atomic E-state index is 12.9. The van der Waals surface area contributed by atoms with Crippen LogP contribution in [0.4, 0.5) is 4.39 Å². The highest BCUT2D eigenvalue weighted by Crippen LogP contribution is 2.23. The van der Waals surface area contributed by atoms with E-state index in [1.54, 1.807) is 50.4 Å². The highest BCUT2D eigenvalue weighted by atomic mass is 19.1. The van der Waals surface area contributed by atoms with Gasteiger partial charge in [0.05, 0.1) is 14.2 Å². The van der Waals surface area contributed by atoms with Gasteiger partial charge in [-0.1, -0.05) is 12.1 Å². The molecule has 0 aromatic heterocycles. The molecule has 0 N–H and O–H groups in total. The number of benzene rings is 2. The Balaban J connectivity index is 2.05. The molecule has 0 aliphatic heterocycles. The molecule has 0 aliphatic rings. The Kier molecular flexibility index (Phi) is 5.95. The molecule has 0 unspecified atom stereocenters. The van der Waals surface area contributed by atoms with Crippen LogP contribution in [0.25, 0.3) is 6.08 Å². The van der Waals surface area contributed by atoms with E-state index in [4.69, 9.17) is 9.47 Å². The molecule has 2 aromatic carbocycles. The van der Waals surface area contributed by atoms with E-state index < -0.39 is 0 Å². The molecule has 24 heavy (non-hydrogen) atoms. The summed E-state index contributed by atoms with van der Waals surface area (Å²) >= 11 is 0. The molecule has 0 radical (unpaired) electrons. The second kappa shape index (κ2) is 8.15. The molecule has 0 spiro atoms. The highest BCUT2D eigenvalue weighted by Gasteiger charge is 2.06. The van der Waals surface area contributed by atoms with Gasteiger partial charge in [-0.25, -0.2) is 4.39 Å². The number of halogens is 1. The van der Waals surface area contributed by atoms with Gasteiger partial charge in [0, 0.05) is 25.7 Å². The SMILES string of the molecule is COc1cc(/C=C/C(=O)N(C)Cc2ccc(F)cc2)cc(OC)c1. The number of hydrogen-bond donors (Lipinski definition) is 0. The molecular formula is C19H20FNO3. The van der Waals surface area contributed by atoms with Gasteiger partial charge in [0.2, 0.25) is 5.91 Å². The zero-order valence-corrected chi connectivity index (χ0v) is 14.0. The van der Waals surface area contributed by atoms with Crippen LogP contribution in [-0.2, 0) is 11.3 Å². The summed E-state index contributed by atoms with van der Waals surface area (Å²) in [6.45, 7) is 0.408. The quantitative estimate of drug-likeness (QED) is 0.761. The number of rotatable bonds is 6. The first-order valence-corrected chi connectivity index (χ1v) is 7.42. The first-order valence-electron chi connectivity index (χ1n) is 7.42. The Morgan fingerprint density at radius 2 is 1.67 bits per heavy atom. The number of likely N-dealkylation sites (N-methyl/N-ethyl adjacent to an activating group) is 1. The molecule has 5 heteroatoms. The molecule has 0 saturated carbocycles. The lowest BCUT2D eigenvalue weighted by Crippen LogP contribution is -2.24. The van der Waals surface area contributed by atoms with Gasteiger partial charge < -0.3 is 14.4 Å². The van der Waals surface area contributed by atoms with Crippen LogP contribution in [0.15, 0.2) is 48.5 Å². The van der Waals surface area contributed by atoms with E-state index >= 15 is 0 Å². The van der Waals surface area contributed by atoms with Crippen molar-refractivity contribution < 1.29 is 18.7 Å². The van der Waals surface area contributed by atoms with Crippen LogP contribution in [0.5, 0.6) is 11.5 Å². The summed E-state index contributed by atoms with van der Waals surface area (Å²) in [4.78, 5) is 13.8. The zero-order valence-electron chi connectivity index (χ0n) is 14.0. The van der Waals surface area contributed by atoms with Crippen molar-refractivity contribution in [3.05, 3.63) is 65.5 Å². The van der Waals surface area contributed by atoms with Crippen molar-refractivity contribution in [3.8, 4) is 11.5 Å². The van der Waals surface area contributed by atoms with Gasteiger partial charge in [0.25, 0.3) is 0 Å². The number of carbonyl (C=O) groups excluding carboxylic acids is 1. The van der Waals surface area contributed by atoms with Gasteiger partial charge in [-0.05, 0) is 41.5 Å². The molecule has 126 valence electrons. The van der Waals surface area contributed by atoms with E-state index in [2.05, 4.69) is 0 Å². The predicted molar refractivity (Wildman–Crippen MR) is 91.5 cm³/mol. The van der Waals surface area contributed by atoms with E-state index in [1.165, 1.54) is 18.2 Å². The summed E-state index contributed by atoms with van der Waals surface area (Å²) in [5, 5.41) is 0. The number of carbonyl (C=O) groups is 1. The summed E-state index contributed by atoms with van der Waals surface area (Å²) in [7, 11) is 4.84. The molecule has 1 amide bonds. The minimum atomic E-state index is -0.292. The molecule has 0 saturated heterocycles. The van der Waals surface area contributed by atoms with Crippen molar-refractivity contribution in [3.63, 3.8) is 0 Å². The van der Waals surface area contributed by atoms with Crippen LogP contribution < -0.4 is 9.47 Å². The second-order valence-electron chi connectivity index (χ2n) is 5.30. The van der Waals surface area contributed by atoms with E-state index in [0.717, 1.165) is 11.1 Å². The van der Waals surface area contributed by atoms with Crippen LogP contribution >= 0.6 is 0 Å². The van der Waals surface area contributed by atoms with Gasteiger partial charge in [-0.2, -0.15) is 0 Å². The normalized spacial score (nSPS) is 10.7. The third-order valence-electron chi connectivity index (χ3n) is 3.50. The number of ether oxygens (including phenoxy) is 2. The van der Waals surface area contributed by atoms with Gasteiger partial charge in [0.1, 0.15) is 17.3 Å². The number of nitrogens with zero attached hydrogens (tertiary/aromatic N) is 1. The minimum Gasteiger partial charge on any atom is -0.497 e. The van der Waals surface area contributed by atoms with Crippen molar-refractivity contribution >= 4 is 12.0 Å². The van der Waals surface area contributed by atoms with Crippen LogP contribution in [0, 0.1) is 5.82 Å². The number of hydrogen-bond acceptors (Lipinski definition) is 3. The molecule has 0 aliphatic carbocycles. The standard InChI is InChI=1S/C19H20FNO3/c1-21(13-14-4-7-16(20)8-5-14)19(22)9-6-15-10-17(23-2)12-18(11-15)24-3/h4-12H,13H2,1-3H3/b9-6+. The Morgan fingerprint density at radius 1 is 1.08 bits per heavy atom. The fourth-order valence-electron chi connectivity index (χ4n) is 2.16. The first kappa shape index (κ1) is 17.5. The van der Waals surface area contributed by atoms with Crippen molar-refractivity contribution in [2.45, 2.75) is 6.54 Å².